The molecule has 1 fully saturated rings. The van der Waals surface area contributed by atoms with Crippen LogP contribution in [-0.4, -0.2) is 41.8 Å². The molecule has 160 valence electrons. The van der Waals surface area contributed by atoms with E-state index < -0.39 is 0 Å². The Morgan fingerprint density at radius 2 is 1.77 bits per heavy atom. The number of ether oxygens (including phenoxy) is 2. The van der Waals surface area contributed by atoms with Crippen molar-refractivity contribution in [2.24, 2.45) is 0 Å². The lowest BCUT2D eigenvalue weighted by molar-refractivity contribution is 0.128. The molecular formula is C24H22Cl2N2O3. The molecule has 1 aliphatic heterocycles. The zero-order valence-corrected chi connectivity index (χ0v) is 18.4. The van der Waals surface area contributed by atoms with E-state index in [0.717, 1.165) is 29.5 Å². The predicted octanol–water partition coefficient (Wildman–Crippen LogP) is 5.89. The minimum Gasteiger partial charge on any atom is -0.490 e. The van der Waals surface area contributed by atoms with Gasteiger partial charge >= 0.3 is 6.09 Å². The molecule has 4 rings (SSSR count). The number of cyclic esters (lactones) is 1. The Hall–Kier alpha value is -2.76. The minimum absolute atomic E-state index is 0.116. The quantitative estimate of drug-likeness (QED) is 0.424. The third-order valence-corrected chi connectivity index (χ3v) is 5.84. The summed E-state index contributed by atoms with van der Waals surface area (Å²) in [6.07, 6.45) is 4.80. The molecule has 0 saturated carbocycles. The fourth-order valence-corrected chi connectivity index (χ4v) is 3.94. The minimum atomic E-state index is -0.299. The smallest absolute Gasteiger partial charge is 0.410 e. The third-order valence-electron chi connectivity index (χ3n) is 5.29. The fourth-order valence-electron chi connectivity index (χ4n) is 3.57. The van der Waals surface area contributed by atoms with Gasteiger partial charge in [-0.15, -0.1) is 0 Å². The molecule has 1 aromatic heterocycles. The van der Waals surface area contributed by atoms with Gasteiger partial charge in [-0.05, 0) is 65.9 Å². The lowest BCUT2D eigenvalue weighted by Gasteiger charge is -2.26. The van der Waals surface area contributed by atoms with Crippen LogP contribution in [0, 0.1) is 0 Å². The molecule has 1 amide bonds. The summed E-state index contributed by atoms with van der Waals surface area (Å²) in [7, 11) is 0. The molecule has 0 bridgehead atoms. The van der Waals surface area contributed by atoms with Crippen LogP contribution >= 0.6 is 23.2 Å². The highest BCUT2D eigenvalue weighted by Gasteiger charge is 2.30. The summed E-state index contributed by atoms with van der Waals surface area (Å²) in [4.78, 5) is 17.9. The van der Waals surface area contributed by atoms with Crippen LogP contribution < -0.4 is 4.74 Å². The van der Waals surface area contributed by atoms with E-state index in [1.807, 2.05) is 54.6 Å². The number of rotatable bonds is 8. The molecule has 3 aromatic rings. The fraction of sp³-hybridized carbons (Fsp3) is 0.250. The van der Waals surface area contributed by atoms with Crippen molar-refractivity contribution < 1.29 is 14.3 Å². The molecule has 1 unspecified atom stereocenters. The largest absolute Gasteiger partial charge is 0.490 e. The molecule has 2 aromatic carbocycles. The molecular weight excluding hydrogens is 435 g/mol. The SMILES string of the molecule is O=C1OCCN1C(CCc1ccncc1)COc1ccc(-c2ccc(Cl)cc2)cc1Cl. The van der Waals surface area contributed by atoms with Gasteiger partial charge in [-0.1, -0.05) is 41.4 Å². The molecule has 0 spiro atoms. The van der Waals surface area contributed by atoms with E-state index >= 15 is 0 Å². The van der Waals surface area contributed by atoms with Gasteiger partial charge in [0.1, 0.15) is 19.0 Å². The van der Waals surface area contributed by atoms with Gasteiger partial charge in [0.2, 0.25) is 0 Å². The topological polar surface area (TPSA) is 51.7 Å². The zero-order chi connectivity index (χ0) is 21.6. The first kappa shape index (κ1) is 21.5. The highest BCUT2D eigenvalue weighted by atomic mass is 35.5. The second-order valence-corrected chi connectivity index (χ2v) is 8.16. The van der Waals surface area contributed by atoms with Gasteiger partial charge in [0.05, 0.1) is 17.6 Å². The van der Waals surface area contributed by atoms with Crippen LogP contribution in [0.4, 0.5) is 4.79 Å². The molecule has 31 heavy (non-hydrogen) atoms. The highest BCUT2D eigenvalue weighted by Crippen LogP contribution is 2.31. The first-order valence-corrected chi connectivity index (χ1v) is 10.9. The standard InChI is InChI=1S/C24H22Cl2N2O3/c25-20-5-2-18(3-6-20)19-4-8-23(22(26)15-19)31-16-21(28-13-14-30-24(28)29)7-1-17-9-11-27-12-10-17/h2-6,8-12,15,21H,1,7,13-14,16H2. The van der Waals surface area contributed by atoms with Gasteiger partial charge in [0.25, 0.3) is 0 Å². The Bertz CT molecular complexity index is 1030. The van der Waals surface area contributed by atoms with Crippen molar-refractivity contribution in [1.29, 1.82) is 0 Å². The molecule has 1 atom stereocenters. The number of hydrogen-bond acceptors (Lipinski definition) is 4. The molecule has 5 nitrogen and oxygen atoms in total. The van der Waals surface area contributed by atoms with E-state index in [0.29, 0.717) is 35.6 Å². The van der Waals surface area contributed by atoms with Gasteiger partial charge in [-0.25, -0.2) is 4.79 Å². The van der Waals surface area contributed by atoms with Crippen LogP contribution in [-0.2, 0) is 11.2 Å². The van der Waals surface area contributed by atoms with E-state index in [1.54, 1.807) is 17.3 Å². The van der Waals surface area contributed by atoms with E-state index in [1.165, 1.54) is 0 Å². The van der Waals surface area contributed by atoms with Crippen molar-refractivity contribution >= 4 is 29.3 Å². The highest BCUT2D eigenvalue weighted by molar-refractivity contribution is 6.32. The number of aryl methyl sites for hydroxylation is 1. The number of hydrogen-bond donors (Lipinski definition) is 0. The number of amides is 1. The van der Waals surface area contributed by atoms with E-state index in [4.69, 9.17) is 32.7 Å². The van der Waals surface area contributed by atoms with Crippen LogP contribution in [0.3, 0.4) is 0 Å². The average Bonchev–Trinajstić information content (AvgIpc) is 3.21. The van der Waals surface area contributed by atoms with Crippen molar-refractivity contribution in [1.82, 2.24) is 9.88 Å². The molecule has 2 heterocycles. The Morgan fingerprint density at radius 3 is 2.45 bits per heavy atom. The number of nitrogens with zero attached hydrogens (tertiary/aromatic N) is 2. The molecule has 1 saturated heterocycles. The summed E-state index contributed by atoms with van der Waals surface area (Å²) < 4.78 is 11.2. The molecule has 0 aliphatic carbocycles. The predicted molar refractivity (Wildman–Crippen MR) is 122 cm³/mol. The Balaban J connectivity index is 1.44. The van der Waals surface area contributed by atoms with Crippen LogP contribution in [0.25, 0.3) is 11.1 Å². The number of halogens is 2. The summed E-state index contributed by atoms with van der Waals surface area (Å²) in [6.45, 7) is 1.30. The van der Waals surface area contributed by atoms with Crippen molar-refractivity contribution in [2.45, 2.75) is 18.9 Å². The van der Waals surface area contributed by atoms with Crippen LogP contribution in [0.1, 0.15) is 12.0 Å². The maximum Gasteiger partial charge on any atom is 0.410 e. The summed E-state index contributed by atoms with van der Waals surface area (Å²) in [6, 6.07) is 17.1. The zero-order valence-electron chi connectivity index (χ0n) is 16.8. The summed E-state index contributed by atoms with van der Waals surface area (Å²) in [5.41, 5.74) is 3.16. The van der Waals surface area contributed by atoms with E-state index in [9.17, 15) is 4.79 Å². The first-order chi connectivity index (χ1) is 15.1. The number of benzene rings is 2. The second-order valence-electron chi connectivity index (χ2n) is 7.32. The summed E-state index contributed by atoms with van der Waals surface area (Å²) in [5.74, 6) is 0.584. The maximum absolute atomic E-state index is 12.1. The van der Waals surface area contributed by atoms with Crippen molar-refractivity contribution in [3.05, 3.63) is 82.6 Å². The number of pyridine rings is 1. The number of aromatic nitrogens is 1. The lowest BCUT2D eigenvalue weighted by atomic mass is 10.1. The van der Waals surface area contributed by atoms with Gasteiger partial charge in [-0.3, -0.25) is 9.88 Å². The summed E-state index contributed by atoms with van der Waals surface area (Å²) in [5, 5.41) is 1.21. The maximum atomic E-state index is 12.1. The normalized spacial score (nSPS) is 14.4. The Morgan fingerprint density at radius 1 is 1.03 bits per heavy atom. The molecule has 0 radical (unpaired) electrons. The van der Waals surface area contributed by atoms with E-state index in [2.05, 4.69) is 4.98 Å². The third kappa shape index (κ3) is 5.49. The Kier molecular flexibility index (Phi) is 6.95. The van der Waals surface area contributed by atoms with E-state index in [-0.39, 0.29) is 12.1 Å². The van der Waals surface area contributed by atoms with Crippen molar-refractivity contribution in [3.63, 3.8) is 0 Å². The lowest BCUT2D eigenvalue weighted by Crippen LogP contribution is -2.40. The van der Waals surface area contributed by atoms with Gasteiger partial charge in [0.15, 0.2) is 0 Å². The van der Waals surface area contributed by atoms with Crippen LogP contribution in [0.2, 0.25) is 10.0 Å². The van der Waals surface area contributed by atoms with Gasteiger partial charge in [-0.2, -0.15) is 0 Å². The monoisotopic (exact) mass is 456 g/mol. The molecule has 7 heteroatoms. The second kappa shape index (κ2) is 10.0. The van der Waals surface area contributed by atoms with Crippen LogP contribution in [0.15, 0.2) is 67.0 Å². The van der Waals surface area contributed by atoms with Crippen molar-refractivity contribution in [3.8, 4) is 16.9 Å². The van der Waals surface area contributed by atoms with Crippen LogP contribution in [0.5, 0.6) is 5.75 Å². The van der Waals surface area contributed by atoms with Crippen molar-refractivity contribution in [2.75, 3.05) is 19.8 Å². The number of carbonyl (C=O) groups excluding carboxylic acids is 1. The van der Waals surface area contributed by atoms with Gasteiger partial charge < -0.3 is 9.47 Å². The van der Waals surface area contributed by atoms with Gasteiger partial charge in [0, 0.05) is 17.4 Å². The summed E-state index contributed by atoms with van der Waals surface area (Å²) >= 11 is 12.5. The molecule has 0 N–H and O–H groups in total. The Labute approximate surface area is 191 Å². The average molecular weight is 457 g/mol. The molecule has 1 aliphatic rings. The first-order valence-electron chi connectivity index (χ1n) is 10.1. The number of carbonyl (C=O) groups is 1.